The van der Waals surface area contributed by atoms with Crippen molar-refractivity contribution in [2.75, 3.05) is 11.9 Å². The zero-order valence-electron chi connectivity index (χ0n) is 19.4. The Balaban J connectivity index is 1.74. The third-order valence-electron chi connectivity index (χ3n) is 6.24. The van der Waals surface area contributed by atoms with E-state index in [2.05, 4.69) is 17.2 Å². The predicted molar refractivity (Wildman–Crippen MR) is 127 cm³/mol. The number of imidazole rings is 1. The highest BCUT2D eigenvalue weighted by atomic mass is 16.5. The Kier molecular flexibility index (Phi) is 6.74. The van der Waals surface area contributed by atoms with Gasteiger partial charge in [-0.2, -0.15) is 0 Å². The molecule has 1 aromatic carbocycles. The molecular formula is C25H33N5O2. The van der Waals surface area contributed by atoms with E-state index in [1.54, 1.807) is 15.3 Å². The minimum atomic E-state index is -0.374. The van der Waals surface area contributed by atoms with Crippen molar-refractivity contribution in [1.82, 2.24) is 19.1 Å². The van der Waals surface area contributed by atoms with Crippen molar-refractivity contribution in [2.24, 2.45) is 5.92 Å². The summed E-state index contributed by atoms with van der Waals surface area (Å²) in [6.07, 6.45) is 7.92. The lowest BCUT2D eigenvalue weighted by Gasteiger charge is -2.26. The van der Waals surface area contributed by atoms with Crippen LogP contribution in [0.4, 0.5) is 5.95 Å². The number of rotatable bonds is 7. The molecule has 2 heterocycles. The molecule has 1 fully saturated rings. The molecule has 7 heteroatoms. The number of ether oxygens (including phenoxy) is 1. The molecule has 1 saturated carbocycles. The zero-order chi connectivity index (χ0) is 22.7. The minimum Gasteiger partial charge on any atom is -0.358 e. The van der Waals surface area contributed by atoms with Crippen LogP contribution in [0.15, 0.2) is 47.5 Å². The molecule has 0 aliphatic heterocycles. The van der Waals surface area contributed by atoms with Crippen LogP contribution < -0.4 is 11.0 Å². The largest absolute Gasteiger partial charge is 0.358 e. The molecule has 0 radical (unpaired) electrons. The molecule has 1 atom stereocenters. The first-order valence-electron chi connectivity index (χ1n) is 11.6. The molecule has 32 heavy (non-hydrogen) atoms. The van der Waals surface area contributed by atoms with E-state index >= 15 is 0 Å². The zero-order valence-corrected chi connectivity index (χ0v) is 19.4. The highest BCUT2D eigenvalue weighted by Crippen LogP contribution is 2.27. The van der Waals surface area contributed by atoms with Gasteiger partial charge in [0, 0.05) is 25.0 Å². The van der Waals surface area contributed by atoms with Crippen LogP contribution in [0.3, 0.4) is 0 Å². The minimum absolute atomic E-state index is 0.152. The average molecular weight is 436 g/mol. The lowest BCUT2D eigenvalue weighted by Crippen LogP contribution is -2.27. The fourth-order valence-corrected chi connectivity index (χ4v) is 4.40. The lowest BCUT2D eigenvalue weighted by atomic mass is 9.87. The fraction of sp³-hybridized carbons (Fsp3) is 0.480. The van der Waals surface area contributed by atoms with Gasteiger partial charge in [-0.1, -0.05) is 19.1 Å². The van der Waals surface area contributed by atoms with E-state index in [0.29, 0.717) is 24.3 Å². The summed E-state index contributed by atoms with van der Waals surface area (Å²) >= 11 is 0. The Morgan fingerprint density at radius 3 is 2.72 bits per heavy atom. The van der Waals surface area contributed by atoms with Gasteiger partial charge in [0.1, 0.15) is 6.23 Å². The molecule has 170 valence electrons. The maximum absolute atomic E-state index is 13.4. The third-order valence-corrected chi connectivity index (χ3v) is 6.24. The summed E-state index contributed by atoms with van der Waals surface area (Å²) in [5.74, 6) is 1.40. The molecule has 1 aliphatic carbocycles. The Labute approximate surface area is 189 Å². The normalized spacial score (nSPS) is 19.6. The topological polar surface area (TPSA) is 74.0 Å². The number of benzene rings is 1. The molecule has 0 saturated heterocycles. The molecule has 0 bridgehead atoms. The smallest absolute Gasteiger partial charge is 0.335 e. The second-order valence-electron chi connectivity index (χ2n) is 8.80. The summed E-state index contributed by atoms with van der Waals surface area (Å²) in [5, 5.41) is 3.50. The van der Waals surface area contributed by atoms with E-state index in [-0.39, 0.29) is 11.9 Å². The highest BCUT2D eigenvalue weighted by molar-refractivity contribution is 5.59. The van der Waals surface area contributed by atoms with Crippen LogP contribution in [0.2, 0.25) is 0 Å². The molecule has 2 aromatic heterocycles. The Morgan fingerprint density at radius 2 is 2.00 bits per heavy atom. The van der Waals surface area contributed by atoms with Crippen LogP contribution >= 0.6 is 0 Å². The number of hydrogen-bond donors (Lipinski definition) is 1. The molecule has 0 amide bonds. The van der Waals surface area contributed by atoms with Crippen LogP contribution in [-0.4, -0.2) is 31.8 Å². The van der Waals surface area contributed by atoms with Gasteiger partial charge in [0.15, 0.2) is 0 Å². The summed E-state index contributed by atoms with van der Waals surface area (Å²) < 4.78 is 9.04. The van der Waals surface area contributed by atoms with E-state index in [1.807, 2.05) is 57.3 Å². The number of aromatic nitrogens is 4. The van der Waals surface area contributed by atoms with Crippen LogP contribution in [0.5, 0.6) is 0 Å². The number of nitrogens with one attached hydrogen (secondary N) is 1. The molecule has 0 spiro atoms. The van der Waals surface area contributed by atoms with Crippen molar-refractivity contribution in [3.05, 3.63) is 58.8 Å². The van der Waals surface area contributed by atoms with Gasteiger partial charge in [-0.25, -0.2) is 14.8 Å². The fourth-order valence-electron chi connectivity index (χ4n) is 4.40. The summed E-state index contributed by atoms with van der Waals surface area (Å²) in [5.41, 5.74) is 3.16. The summed E-state index contributed by atoms with van der Waals surface area (Å²) in [6, 6.07) is 10.2. The van der Waals surface area contributed by atoms with E-state index < -0.39 is 0 Å². The molecule has 1 aliphatic rings. The molecule has 3 aromatic rings. The van der Waals surface area contributed by atoms with Crippen LogP contribution in [0, 0.1) is 12.8 Å². The second-order valence-corrected chi connectivity index (χ2v) is 8.80. The first kappa shape index (κ1) is 22.3. The van der Waals surface area contributed by atoms with E-state index in [4.69, 9.17) is 9.72 Å². The van der Waals surface area contributed by atoms with Gasteiger partial charge in [0.05, 0.1) is 17.1 Å². The van der Waals surface area contributed by atoms with Crippen molar-refractivity contribution in [2.45, 2.75) is 65.6 Å². The van der Waals surface area contributed by atoms with Crippen molar-refractivity contribution in [1.29, 1.82) is 0 Å². The van der Waals surface area contributed by atoms with Gasteiger partial charge in [-0.05, 0) is 76.1 Å². The second kappa shape index (κ2) is 9.69. The van der Waals surface area contributed by atoms with Crippen LogP contribution in [0.25, 0.3) is 17.1 Å². The van der Waals surface area contributed by atoms with Gasteiger partial charge in [0.25, 0.3) is 0 Å². The predicted octanol–water partition coefficient (Wildman–Crippen LogP) is 4.95. The van der Waals surface area contributed by atoms with Crippen LogP contribution in [0.1, 0.15) is 58.2 Å². The quantitative estimate of drug-likeness (QED) is 0.568. The van der Waals surface area contributed by atoms with E-state index in [1.165, 1.54) is 12.8 Å². The maximum Gasteiger partial charge on any atom is 0.335 e. The average Bonchev–Trinajstić information content (AvgIpc) is 3.13. The van der Waals surface area contributed by atoms with Crippen molar-refractivity contribution >= 4 is 5.95 Å². The van der Waals surface area contributed by atoms with Gasteiger partial charge in [0.2, 0.25) is 5.95 Å². The van der Waals surface area contributed by atoms with E-state index in [9.17, 15) is 4.79 Å². The summed E-state index contributed by atoms with van der Waals surface area (Å²) in [7, 11) is 0. The Hall–Kier alpha value is -2.93. The van der Waals surface area contributed by atoms with Crippen molar-refractivity contribution in [3.63, 3.8) is 0 Å². The van der Waals surface area contributed by atoms with Gasteiger partial charge < -0.3 is 10.1 Å². The Bertz CT molecular complexity index is 1110. The maximum atomic E-state index is 13.4. The standard InChI is InChI=1S/C25H33N5O2/c1-5-32-19(4)29-16-23(30(25(29)31)21-8-6-7-18(3)15-21)22-13-14-26-24(28-22)27-20-11-9-17(2)10-12-20/h6-8,13-17,19-20H,5,9-12H2,1-4H3,(H,26,27,28). The molecular weight excluding hydrogens is 402 g/mol. The van der Waals surface area contributed by atoms with Gasteiger partial charge in [-0.3, -0.25) is 9.13 Å². The number of hydrogen-bond acceptors (Lipinski definition) is 5. The third kappa shape index (κ3) is 4.78. The van der Waals surface area contributed by atoms with Crippen molar-refractivity contribution < 1.29 is 4.74 Å². The number of anilines is 1. The summed E-state index contributed by atoms with van der Waals surface area (Å²) in [6.45, 7) is 8.67. The monoisotopic (exact) mass is 435 g/mol. The first-order valence-corrected chi connectivity index (χ1v) is 11.6. The number of nitrogens with zero attached hydrogens (tertiary/aromatic N) is 4. The molecule has 1 unspecified atom stereocenters. The Morgan fingerprint density at radius 1 is 1.22 bits per heavy atom. The molecule has 1 N–H and O–H groups in total. The van der Waals surface area contributed by atoms with Gasteiger partial charge >= 0.3 is 5.69 Å². The SMILES string of the molecule is CCOC(C)n1cc(-c2ccnc(NC3CCC(C)CC3)n2)n(-c2cccc(C)c2)c1=O. The summed E-state index contributed by atoms with van der Waals surface area (Å²) in [4.78, 5) is 22.6. The number of aryl methyl sites for hydroxylation is 1. The van der Waals surface area contributed by atoms with Crippen molar-refractivity contribution in [3.8, 4) is 17.1 Å². The molecule has 7 nitrogen and oxygen atoms in total. The molecule has 4 rings (SSSR count). The first-order chi connectivity index (χ1) is 15.5. The van der Waals surface area contributed by atoms with Gasteiger partial charge in [-0.15, -0.1) is 0 Å². The highest BCUT2D eigenvalue weighted by Gasteiger charge is 2.21. The van der Waals surface area contributed by atoms with Crippen LogP contribution in [-0.2, 0) is 4.74 Å². The van der Waals surface area contributed by atoms with E-state index in [0.717, 1.165) is 35.7 Å². The lowest BCUT2D eigenvalue weighted by molar-refractivity contribution is 0.0223.